The zero-order chi connectivity index (χ0) is 8.55. The van der Waals surface area contributed by atoms with E-state index < -0.39 is 0 Å². The van der Waals surface area contributed by atoms with Crippen LogP contribution >= 0.6 is 0 Å². The molecule has 0 spiro atoms. The Bertz CT molecular complexity index is 220. The van der Waals surface area contributed by atoms with Gasteiger partial charge in [-0.1, -0.05) is 13.0 Å². The molecule has 0 radical (unpaired) electrons. The monoisotopic (exact) mass is 166 g/mol. The van der Waals surface area contributed by atoms with Crippen LogP contribution in [-0.4, -0.2) is 12.1 Å². The van der Waals surface area contributed by atoms with E-state index >= 15 is 0 Å². The van der Waals surface area contributed by atoms with E-state index in [0.717, 1.165) is 6.42 Å². The lowest BCUT2D eigenvalue weighted by atomic mass is 9.80. The molecule has 2 heteroatoms. The maximum atomic E-state index is 10.9. The van der Waals surface area contributed by atoms with Gasteiger partial charge in [-0.15, -0.1) is 0 Å². The predicted molar refractivity (Wildman–Crippen MR) is 45.5 cm³/mol. The zero-order valence-electron chi connectivity index (χ0n) is 7.32. The lowest BCUT2D eigenvalue weighted by molar-refractivity contribution is -0.149. The summed E-state index contributed by atoms with van der Waals surface area (Å²) in [6.07, 6.45) is 7.24. The highest BCUT2D eigenvalue weighted by Crippen LogP contribution is 2.33. The maximum absolute atomic E-state index is 10.9. The van der Waals surface area contributed by atoms with Crippen LogP contribution in [0.4, 0.5) is 0 Å². The second-order valence-corrected chi connectivity index (χ2v) is 3.92. The summed E-state index contributed by atoms with van der Waals surface area (Å²) in [6, 6.07) is 0. The van der Waals surface area contributed by atoms with Crippen molar-refractivity contribution in [1.82, 2.24) is 0 Å². The molecule has 2 rings (SSSR count). The molecule has 3 unspecified atom stereocenters. The summed E-state index contributed by atoms with van der Waals surface area (Å²) in [5.41, 5.74) is 0. The quantitative estimate of drug-likeness (QED) is 0.514. The average molecular weight is 166 g/mol. The molecule has 0 amide bonds. The van der Waals surface area contributed by atoms with Crippen LogP contribution in [0.25, 0.3) is 0 Å². The number of hydrogen-bond donors (Lipinski definition) is 0. The first-order chi connectivity index (χ1) is 5.75. The third-order valence-electron chi connectivity index (χ3n) is 2.85. The normalized spacial score (nSPS) is 40.4. The Morgan fingerprint density at radius 3 is 3.17 bits per heavy atom. The number of rotatable bonds is 0. The van der Waals surface area contributed by atoms with Crippen molar-refractivity contribution in [3.63, 3.8) is 0 Å². The number of carbonyl (C=O) groups is 1. The smallest absolute Gasteiger partial charge is 0.330 e. The van der Waals surface area contributed by atoms with E-state index in [4.69, 9.17) is 4.74 Å². The minimum atomic E-state index is -0.162. The highest BCUT2D eigenvalue weighted by atomic mass is 16.5. The fraction of sp³-hybridized carbons (Fsp3) is 0.700. The standard InChI is InChI=1S/C10H14O2/c1-7-2-3-8-4-5-10(11)12-9(8)6-7/h4-5,7-9H,2-3,6H2,1H3. The van der Waals surface area contributed by atoms with Gasteiger partial charge in [-0.25, -0.2) is 4.79 Å². The lowest BCUT2D eigenvalue weighted by Gasteiger charge is -2.34. The maximum Gasteiger partial charge on any atom is 0.330 e. The van der Waals surface area contributed by atoms with Gasteiger partial charge in [0.2, 0.25) is 0 Å². The molecule has 1 heterocycles. The molecule has 1 fully saturated rings. The van der Waals surface area contributed by atoms with Gasteiger partial charge in [-0.3, -0.25) is 0 Å². The lowest BCUT2D eigenvalue weighted by Crippen LogP contribution is -2.34. The molecule has 12 heavy (non-hydrogen) atoms. The van der Waals surface area contributed by atoms with Crippen LogP contribution in [-0.2, 0) is 9.53 Å². The Labute approximate surface area is 72.6 Å². The number of ether oxygens (including phenoxy) is 1. The SMILES string of the molecule is CC1CCC2C=CC(=O)OC2C1. The van der Waals surface area contributed by atoms with Crippen LogP contribution in [0.15, 0.2) is 12.2 Å². The Balaban J connectivity index is 2.09. The van der Waals surface area contributed by atoms with E-state index in [-0.39, 0.29) is 12.1 Å². The van der Waals surface area contributed by atoms with Crippen molar-refractivity contribution in [1.29, 1.82) is 0 Å². The third-order valence-corrected chi connectivity index (χ3v) is 2.85. The number of esters is 1. The molecule has 0 saturated heterocycles. The minimum absolute atomic E-state index is 0.162. The summed E-state index contributed by atoms with van der Waals surface area (Å²) in [5.74, 6) is 1.05. The van der Waals surface area contributed by atoms with E-state index in [0.29, 0.717) is 11.8 Å². The van der Waals surface area contributed by atoms with Gasteiger partial charge in [-0.2, -0.15) is 0 Å². The fourth-order valence-corrected chi connectivity index (χ4v) is 2.10. The molecule has 3 atom stereocenters. The van der Waals surface area contributed by atoms with E-state index in [1.54, 1.807) is 6.08 Å². The molecular weight excluding hydrogens is 152 g/mol. The number of hydrogen-bond acceptors (Lipinski definition) is 2. The Morgan fingerprint density at radius 1 is 1.50 bits per heavy atom. The van der Waals surface area contributed by atoms with E-state index in [2.05, 4.69) is 6.92 Å². The summed E-state index contributed by atoms with van der Waals surface area (Å²) in [7, 11) is 0. The molecule has 0 bridgehead atoms. The Morgan fingerprint density at radius 2 is 2.33 bits per heavy atom. The van der Waals surface area contributed by atoms with Gasteiger partial charge in [0.25, 0.3) is 0 Å². The van der Waals surface area contributed by atoms with Crippen LogP contribution in [0.5, 0.6) is 0 Å². The Kier molecular flexibility index (Phi) is 1.91. The van der Waals surface area contributed by atoms with Gasteiger partial charge in [0, 0.05) is 12.0 Å². The third kappa shape index (κ3) is 1.38. The highest BCUT2D eigenvalue weighted by Gasteiger charge is 2.31. The summed E-state index contributed by atoms with van der Waals surface area (Å²) in [6.45, 7) is 2.22. The van der Waals surface area contributed by atoms with Crippen molar-refractivity contribution in [3.05, 3.63) is 12.2 Å². The minimum Gasteiger partial charge on any atom is -0.459 e. The molecular formula is C10H14O2. The topological polar surface area (TPSA) is 26.3 Å². The van der Waals surface area contributed by atoms with Gasteiger partial charge >= 0.3 is 5.97 Å². The molecule has 2 nitrogen and oxygen atoms in total. The Hall–Kier alpha value is -0.790. The van der Waals surface area contributed by atoms with Crippen LogP contribution in [0.3, 0.4) is 0 Å². The highest BCUT2D eigenvalue weighted by molar-refractivity contribution is 5.83. The van der Waals surface area contributed by atoms with Crippen LogP contribution in [0.1, 0.15) is 26.2 Å². The van der Waals surface area contributed by atoms with E-state index in [1.165, 1.54) is 12.8 Å². The van der Waals surface area contributed by atoms with Crippen molar-refractivity contribution >= 4 is 5.97 Å². The van der Waals surface area contributed by atoms with Crippen LogP contribution < -0.4 is 0 Å². The predicted octanol–water partition coefficient (Wildman–Crippen LogP) is 1.90. The fourth-order valence-electron chi connectivity index (χ4n) is 2.10. The molecule has 1 aliphatic carbocycles. The molecule has 1 aliphatic heterocycles. The molecule has 1 saturated carbocycles. The van der Waals surface area contributed by atoms with Crippen molar-refractivity contribution in [2.75, 3.05) is 0 Å². The number of fused-ring (bicyclic) bond motifs is 1. The molecule has 0 aromatic heterocycles. The number of carbonyl (C=O) groups excluding carboxylic acids is 1. The van der Waals surface area contributed by atoms with Crippen molar-refractivity contribution in [3.8, 4) is 0 Å². The van der Waals surface area contributed by atoms with E-state index in [9.17, 15) is 4.79 Å². The molecule has 0 N–H and O–H groups in total. The van der Waals surface area contributed by atoms with Crippen molar-refractivity contribution in [2.45, 2.75) is 32.3 Å². The molecule has 0 aromatic carbocycles. The second-order valence-electron chi connectivity index (χ2n) is 3.92. The summed E-state index contributed by atoms with van der Waals surface area (Å²) in [4.78, 5) is 10.9. The summed E-state index contributed by atoms with van der Waals surface area (Å²) in [5, 5.41) is 0. The van der Waals surface area contributed by atoms with Gasteiger partial charge in [0.1, 0.15) is 6.10 Å². The first kappa shape index (κ1) is 7.84. The van der Waals surface area contributed by atoms with Crippen molar-refractivity contribution < 1.29 is 9.53 Å². The van der Waals surface area contributed by atoms with Crippen LogP contribution in [0.2, 0.25) is 0 Å². The summed E-state index contributed by atoms with van der Waals surface area (Å²) >= 11 is 0. The van der Waals surface area contributed by atoms with Gasteiger partial charge in [0.05, 0.1) is 0 Å². The molecule has 66 valence electrons. The largest absolute Gasteiger partial charge is 0.459 e. The zero-order valence-corrected chi connectivity index (χ0v) is 7.32. The first-order valence-corrected chi connectivity index (χ1v) is 4.64. The second kappa shape index (κ2) is 2.92. The van der Waals surface area contributed by atoms with Gasteiger partial charge in [-0.05, 0) is 25.2 Å². The van der Waals surface area contributed by atoms with Crippen LogP contribution in [0, 0.1) is 11.8 Å². The molecule has 2 aliphatic rings. The van der Waals surface area contributed by atoms with Gasteiger partial charge < -0.3 is 4.74 Å². The van der Waals surface area contributed by atoms with E-state index in [1.807, 2.05) is 6.08 Å². The average Bonchev–Trinajstić information content (AvgIpc) is 2.03. The summed E-state index contributed by atoms with van der Waals surface area (Å²) < 4.78 is 5.23. The van der Waals surface area contributed by atoms with Crippen molar-refractivity contribution in [2.24, 2.45) is 11.8 Å². The molecule has 0 aromatic rings. The van der Waals surface area contributed by atoms with Gasteiger partial charge in [0.15, 0.2) is 0 Å². The first-order valence-electron chi connectivity index (χ1n) is 4.64.